The van der Waals surface area contributed by atoms with Gasteiger partial charge in [0.15, 0.2) is 8.32 Å². The molecule has 48 valence electrons. The minimum atomic E-state index is -1.85. The van der Waals surface area contributed by atoms with Gasteiger partial charge in [0.05, 0.1) is 6.10 Å². The van der Waals surface area contributed by atoms with E-state index < -0.39 is 8.32 Å². The van der Waals surface area contributed by atoms with Crippen LogP contribution in [0.1, 0.15) is 6.42 Å². The Morgan fingerprint density at radius 2 is 2.25 bits per heavy atom. The SMILES string of the molecule is C[Si]1(O)CCC(O)C1. The van der Waals surface area contributed by atoms with E-state index in [9.17, 15) is 4.80 Å². The summed E-state index contributed by atoms with van der Waals surface area (Å²) in [7, 11) is -1.85. The molecule has 0 saturated carbocycles. The van der Waals surface area contributed by atoms with Gasteiger partial charge in [-0.3, -0.25) is 0 Å². The predicted octanol–water partition coefficient (Wildman–Crippen LogP) is 0.319. The van der Waals surface area contributed by atoms with Crippen LogP contribution in [-0.2, 0) is 0 Å². The molecule has 1 aliphatic rings. The van der Waals surface area contributed by atoms with E-state index in [-0.39, 0.29) is 6.10 Å². The molecule has 1 heterocycles. The molecule has 2 N–H and O–H groups in total. The molecule has 1 rings (SSSR count). The zero-order valence-electron chi connectivity index (χ0n) is 5.09. The zero-order chi connectivity index (χ0) is 6.20. The monoisotopic (exact) mass is 132 g/mol. The second kappa shape index (κ2) is 1.82. The van der Waals surface area contributed by atoms with Crippen LogP contribution in [0.3, 0.4) is 0 Å². The van der Waals surface area contributed by atoms with Crippen LogP contribution in [0.15, 0.2) is 0 Å². The van der Waals surface area contributed by atoms with Crippen molar-refractivity contribution in [3.8, 4) is 0 Å². The number of aliphatic hydroxyl groups is 1. The molecular weight excluding hydrogens is 120 g/mol. The second-order valence-corrected chi connectivity index (χ2v) is 6.80. The number of hydrogen-bond donors (Lipinski definition) is 2. The third kappa shape index (κ3) is 1.31. The van der Waals surface area contributed by atoms with E-state index in [1.807, 2.05) is 6.55 Å². The summed E-state index contributed by atoms with van der Waals surface area (Å²) in [4.78, 5) is 9.34. The van der Waals surface area contributed by atoms with Crippen molar-refractivity contribution in [2.75, 3.05) is 0 Å². The summed E-state index contributed by atoms with van der Waals surface area (Å²) in [6.45, 7) is 1.91. The highest BCUT2D eigenvalue weighted by Gasteiger charge is 2.34. The Kier molecular flexibility index (Phi) is 1.43. The molecule has 2 nitrogen and oxygen atoms in total. The highest BCUT2D eigenvalue weighted by Crippen LogP contribution is 2.27. The first-order valence-electron chi connectivity index (χ1n) is 3.01. The first-order valence-corrected chi connectivity index (χ1v) is 5.87. The van der Waals surface area contributed by atoms with Gasteiger partial charge in [-0.1, -0.05) is 0 Å². The lowest BCUT2D eigenvalue weighted by Gasteiger charge is -2.09. The maximum Gasteiger partial charge on any atom is 0.188 e. The molecule has 0 spiro atoms. The van der Waals surface area contributed by atoms with Gasteiger partial charge in [0.2, 0.25) is 0 Å². The maximum atomic E-state index is 9.34. The summed E-state index contributed by atoms with van der Waals surface area (Å²) in [5.41, 5.74) is 0. The van der Waals surface area contributed by atoms with Crippen LogP contribution in [0.2, 0.25) is 18.6 Å². The smallest absolute Gasteiger partial charge is 0.188 e. The molecule has 0 aromatic rings. The average Bonchev–Trinajstić information content (AvgIpc) is 1.82. The molecule has 0 aliphatic carbocycles. The van der Waals surface area contributed by atoms with Crippen LogP contribution in [0, 0.1) is 0 Å². The molecule has 0 amide bonds. The summed E-state index contributed by atoms with van der Waals surface area (Å²) < 4.78 is 0. The summed E-state index contributed by atoms with van der Waals surface area (Å²) in [6.07, 6.45) is 0.621. The predicted molar refractivity (Wildman–Crippen MR) is 34.1 cm³/mol. The van der Waals surface area contributed by atoms with Crippen molar-refractivity contribution in [2.45, 2.75) is 31.2 Å². The molecule has 8 heavy (non-hydrogen) atoms. The first kappa shape index (κ1) is 6.26. The van der Waals surface area contributed by atoms with Crippen LogP contribution in [0.25, 0.3) is 0 Å². The molecular formula is C5H12O2Si. The highest BCUT2D eigenvalue weighted by molar-refractivity contribution is 6.72. The zero-order valence-corrected chi connectivity index (χ0v) is 6.09. The Morgan fingerprint density at radius 3 is 2.38 bits per heavy atom. The Bertz CT molecular complexity index is 92.4. The fourth-order valence-electron chi connectivity index (χ4n) is 1.19. The summed E-state index contributed by atoms with van der Waals surface area (Å²) in [5.74, 6) is 0. The van der Waals surface area contributed by atoms with E-state index in [1.165, 1.54) is 0 Å². The van der Waals surface area contributed by atoms with Crippen molar-refractivity contribution >= 4 is 8.32 Å². The van der Waals surface area contributed by atoms with E-state index in [0.29, 0.717) is 6.04 Å². The molecule has 0 radical (unpaired) electrons. The highest BCUT2D eigenvalue weighted by atomic mass is 28.4. The quantitative estimate of drug-likeness (QED) is 0.466. The van der Waals surface area contributed by atoms with Crippen molar-refractivity contribution < 1.29 is 9.90 Å². The van der Waals surface area contributed by atoms with Gasteiger partial charge in [-0.05, 0) is 25.1 Å². The van der Waals surface area contributed by atoms with E-state index in [4.69, 9.17) is 5.11 Å². The van der Waals surface area contributed by atoms with E-state index in [0.717, 1.165) is 12.5 Å². The van der Waals surface area contributed by atoms with E-state index in [2.05, 4.69) is 0 Å². The van der Waals surface area contributed by atoms with Gasteiger partial charge in [-0.15, -0.1) is 0 Å². The minimum absolute atomic E-state index is 0.198. The van der Waals surface area contributed by atoms with Crippen molar-refractivity contribution in [3.63, 3.8) is 0 Å². The molecule has 1 fully saturated rings. The lowest BCUT2D eigenvalue weighted by Crippen LogP contribution is -2.25. The molecule has 2 atom stereocenters. The molecule has 3 heteroatoms. The van der Waals surface area contributed by atoms with Gasteiger partial charge in [0.1, 0.15) is 0 Å². The molecule has 0 aromatic heterocycles. The summed E-state index contributed by atoms with van der Waals surface area (Å²) in [6, 6.07) is 1.57. The number of aliphatic hydroxyl groups excluding tert-OH is 1. The standard InChI is InChI=1S/C5H12O2Si/c1-8(7)3-2-5(6)4-8/h5-7H,2-4H2,1H3. The van der Waals surface area contributed by atoms with Crippen molar-refractivity contribution in [1.82, 2.24) is 0 Å². The summed E-state index contributed by atoms with van der Waals surface area (Å²) >= 11 is 0. The van der Waals surface area contributed by atoms with Crippen LogP contribution in [0.4, 0.5) is 0 Å². The van der Waals surface area contributed by atoms with Crippen molar-refractivity contribution in [3.05, 3.63) is 0 Å². The Balaban J connectivity index is 2.44. The normalized spacial score (nSPS) is 47.6. The van der Waals surface area contributed by atoms with Crippen molar-refractivity contribution in [1.29, 1.82) is 0 Å². The molecule has 0 bridgehead atoms. The van der Waals surface area contributed by atoms with Crippen molar-refractivity contribution in [2.24, 2.45) is 0 Å². The lowest BCUT2D eigenvalue weighted by atomic mass is 10.3. The lowest BCUT2D eigenvalue weighted by molar-refractivity contribution is 0.198. The Morgan fingerprint density at radius 1 is 1.62 bits per heavy atom. The summed E-state index contributed by atoms with van der Waals surface area (Å²) in [5, 5.41) is 8.94. The minimum Gasteiger partial charge on any atom is -0.432 e. The number of hydrogen-bond acceptors (Lipinski definition) is 2. The third-order valence-electron chi connectivity index (χ3n) is 1.69. The molecule has 2 unspecified atom stereocenters. The fraction of sp³-hybridized carbons (Fsp3) is 1.00. The largest absolute Gasteiger partial charge is 0.432 e. The maximum absolute atomic E-state index is 9.34. The van der Waals surface area contributed by atoms with Gasteiger partial charge in [-0.2, -0.15) is 0 Å². The van der Waals surface area contributed by atoms with E-state index in [1.54, 1.807) is 0 Å². The molecule has 1 saturated heterocycles. The van der Waals surface area contributed by atoms with Gasteiger partial charge in [0, 0.05) is 0 Å². The molecule has 0 aromatic carbocycles. The van der Waals surface area contributed by atoms with Crippen LogP contribution in [0.5, 0.6) is 0 Å². The van der Waals surface area contributed by atoms with Gasteiger partial charge < -0.3 is 9.90 Å². The van der Waals surface area contributed by atoms with E-state index >= 15 is 0 Å². The molecule has 1 aliphatic heterocycles. The average molecular weight is 132 g/mol. The van der Waals surface area contributed by atoms with Gasteiger partial charge in [0.25, 0.3) is 0 Å². The Labute approximate surface area is 50.3 Å². The number of rotatable bonds is 0. The first-order chi connectivity index (χ1) is 3.60. The van der Waals surface area contributed by atoms with Crippen LogP contribution < -0.4 is 0 Å². The van der Waals surface area contributed by atoms with Crippen LogP contribution in [-0.4, -0.2) is 24.3 Å². The van der Waals surface area contributed by atoms with Crippen LogP contribution >= 0.6 is 0 Å². The van der Waals surface area contributed by atoms with Gasteiger partial charge >= 0.3 is 0 Å². The third-order valence-corrected chi connectivity index (χ3v) is 4.41. The van der Waals surface area contributed by atoms with Gasteiger partial charge in [-0.25, -0.2) is 0 Å². The second-order valence-electron chi connectivity index (χ2n) is 2.89. The fourth-order valence-corrected chi connectivity index (χ4v) is 3.57. The Hall–Kier alpha value is 0.137. The topological polar surface area (TPSA) is 40.5 Å².